The average molecular weight is 361 g/mol. The highest BCUT2D eigenvalue weighted by atomic mass is 19.1. The van der Waals surface area contributed by atoms with Gasteiger partial charge in [-0.25, -0.2) is 8.78 Å². The molecule has 26 heavy (non-hydrogen) atoms. The first-order valence-electron chi connectivity index (χ1n) is 8.76. The van der Waals surface area contributed by atoms with Crippen LogP contribution in [0.4, 0.5) is 8.78 Å². The van der Waals surface area contributed by atoms with Gasteiger partial charge in [-0.1, -0.05) is 30.3 Å². The largest absolute Gasteiger partial charge is 0.391 e. The Morgan fingerprint density at radius 2 is 1.88 bits per heavy atom. The molecule has 0 aromatic heterocycles. The number of hydrogen-bond acceptors (Lipinski definition) is 2. The number of nitrogens with one attached hydrogen (secondary N) is 2. The lowest BCUT2D eigenvalue weighted by atomic mass is 10.1. The summed E-state index contributed by atoms with van der Waals surface area (Å²) < 4.78 is 26.8. The summed E-state index contributed by atoms with van der Waals surface area (Å²) in [7, 11) is 0. The molecule has 0 amide bonds. The monoisotopic (exact) mass is 361 g/mol. The molecule has 0 saturated carbocycles. The fourth-order valence-electron chi connectivity index (χ4n) is 2.54. The van der Waals surface area contributed by atoms with E-state index in [1.807, 2.05) is 37.3 Å². The van der Waals surface area contributed by atoms with Crippen LogP contribution in [0.3, 0.4) is 0 Å². The van der Waals surface area contributed by atoms with Crippen molar-refractivity contribution in [3.8, 4) is 0 Å². The van der Waals surface area contributed by atoms with Gasteiger partial charge in [-0.15, -0.1) is 0 Å². The van der Waals surface area contributed by atoms with Crippen molar-refractivity contribution in [3.63, 3.8) is 0 Å². The number of aliphatic imine (C=N–C) groups is 1. The molecule has 0 aliphatic rings. The second-order valence-electron chi connectivity index (χ2n) is 5.98. The van der Waals surface area contributed by atoms with Crippen molar-refractivity contribution >= 4 is 5.96 Å². The van der Waals surface area contributed by atoms with Crippen molar-refractivity contribution in [1.82, 2.24) is 10.6 Å². The van der Waals surface area contributed by atoms with Crippen molar-refractivity contribution in [3.05, 3.63) is 71.3 Å². The van der Waals surface area contributed by atoms with Crippen LogP contribution in [0.5, 0.6) is 0 Å². The van der Waals surface area contributed by atoms with E-state index >= 15 is 0 Å². The Morgan fingerprint density at radius 1 is 1.12 bits per heavy atom. The molecule has 1 atom stereocenters. The summed E-state index contributed by atoms with van der Waals surface area (Å²) in [5, 5.41) is 16.3. The molecule has 0 radical (unpaired) electrons. The predicted molar refractivity (Wildman–Crippen MR) is 100 cm³/mol. The molecule has 3 N–H and O–H groups in total. The summed E-state index contributed by atoms with van der Waals surface area (Å²) in [4.78, 5) is 4.36. The molecule has 0 bridgehead atoms. The van der Waals surface area contributed by atoms with Crippen LogP contribution >= 0.6 is 0 Å². The molecule has 6 heteroatoms. The lowest BCUT2D eigenvalue weighted by Gasteiger charge is -2.13. The molecule has 0 saturated heterocycles. The molecule has 0 aliphatic heterocycles. The highest BCUT2D eigenvalue weighted by Crippen LogP contribution is 2.09. The van der Waals surface area contributed by atoms with Gasteiger partial charge >= 0.3 is 0 Å². The van der Waals surface area contributed by atoms with Crippen LogP contribution in [0.15, 0.2) is 53.5 Å². The van der Waals surface area contributed by atoms with Crippen molar-refractivity contribution in [2.75, 3.05) is 19.6 Å². The zero-order valence-electron chi connectivity index (χ0n) is 14.9. The Bertz CT molecular complexity index is 707. The number of halogens is 2. The van der Waals surface area contributed by atoms with Crippen LogP contribution < -0.4 is 10.6 Å². The molecule has 0 heterocycles. The zero-order chi connectivity index (χ0) is 18.8. The predicted octanol–water partition coefficient (Wildman–Crippen LogP) is 2.67. The fraction of sp³-hybridized carbons (Fsp3) is 0.350. The van der Waals surface area contributed by atoms with Crippen LogP contribution in [0.1, 0.15) is 18.1 Å². The number of aliphatic hydroxyl groups is 1. The molecule has 0 aliphatic carbocycles. The SMILES string of the molecule is CCNC(=NCC(O)Cc1ccccc1)NCCc1cc(F)ccc1F. The van der Waals surface area contributed by atoms with Crippen LogP contribution in [-0.4, -0.2) is 36.8 Å². The Hall–Kier alpha value is -2.47. The minimum absolute atomic E-state index is 0.249. The van der Waals surface area contributed by atoms with E-state index in [0.29, 0.717) is 37.5 Å². The summed E-state index contributed by atoms with van der Waals surface area (Å²) in [5.41, 5.74) is 1.37. The number of nitrogens with zero attached hydrogens (tertiary/aromatic N) is 1. The van der Waals surface area contributed by atoms with E-state index in [-0.39, 0.29) is 6.54 Å². The normalized spacial score (nSPS) is 12.7. The third-order valence-corrected chi connectivity index (χ3v) is 3.81. The van der Waals surface area contributed by atoms with Crippen molar-refractivity contribution < 1.29 is 13.9 Å². The van der Waals surface area contributed by atoms with Crippen LogP contribution in [0.25, 0.3) is 0 Å². The molecule has 140 valence electrons. The van der Waals surface area contributed by atoms with E-state index in [1.165, 1.54) is 6.07 Å². The van der Waals surface area contributed by atoms with E-state index in [1.54, 1.807) is 0 Å². The van der Waals surface area contributed by atoms with Gasteiger partial charge in [0.1, 0.15) is 11.6 Å². The second kappa shape index (κ2) is 10.5. The molecule has 2 aromatic carbocycles. The maximum Gasteiger partial charge on any atom is 0.191 e. The molecule has 2 aromatic rings. The van der Waals surface area contributed by atoms with Crippen molar-refractivity contribution in [1.29, 1.82) is 0 Å². The van der Waals surface area contributed by atoms with E-state index in [9.17, 15) is 13.9 Å². The smallest absolute Gasteiger partial charge is 0.191 e. The van der Waals surface area contributed by atoms with Crippen molar-refractivity contribution in [2.24, 2.45) is 4.99 Å². The maximum absolute atomic E-state index is 13.6. The van der Waals surface area contributed by atoms with Gasteiger partial charge in [-0.2, -0.15) is 0 Å². The van der Waals surface area contributed by atoms with Gasteiger partial charge in [-0.3, -0.25) is 4.99 Å². The topological polar surface area (TPSA) is 56.7 Å². The summed E-state index contributed by atoms with van der Waals surface area (Å²) >= 11 is 0. The third-order valence-electron chi connectivity index (χ3n) is 3.81. The number of guanidine groups is 1. The summed E-state index contributed by atoms with van der Waals surface area (Å²) in [6.07, 6.45) is 0.271. The maximum atomic E-state index is 13.6. The first kappa shape index (κ1) is 19.8. The van der Waals surface area contributed by atoms with Gasteiger partial charge in [0.25, 0.3) is 0 Å². The number of benzene rings is 2. The van der Waals surface area contributed by atoms with Gasteiger partial charge in [0, 0.05) is 19.5 Å². The highest BCUT2D eigenvalue weighted by Gasteiger charge is 2.07. The van der Waals surface area contributed by atoms with Gasteiger partial charge in [0.2, 0.25) is 0 Å². The van der Waals surface area contributed by atoms with Crippen LogP contribution in [0, 0.1) is 11.6 Å². The Balaban J connectivity index is 1.84. The van der Waals surface area contributed by atoms with Crippen molar-refractivity contribution in [2.45, 2.75) is 25.9 Å². The number of hydrogen-bond donors (Lipinski definition) is 3. The van der Waals surface area contributed by atoms with E-state index in [2.05, 4.69) is 15.6 Å². The molecule has 1 unspecified atom stereocenters. The van der Waals surface area contributed by atoms with Gasteiger partial charge in [-0.05, 0) is 42.7 Å². The number of rotatable bonds is 8. The highest BCUT2D eigenvalue weighted by molar-refractivity contribution is 5.79. The summed E-state index contributed by atoms with van der Waals surface area (Å²) in [5.74, 6) is -0.337. The summed E-state index contributed by atoms with van der Waals surface area (Å²) in [6, 6.07) is 13.2. The Labute approximate surface area is 153 Å². The molecular formula is C20H25F2N3O. The van der Waals surface area contributed by atoms with Crippen LogP contribution in [0.2, 0.25) is 0 Å². The molecule has 0 spiro atoms. The minimum Gasteiger partial charge on any atom is -0.391 e. The average Bonchev–Trinajstić information content (AvgIpc) is 2.63. The minimum atomic E-state index is -0.589. The lowest BCUT2D eigenvalue weighted by Crippen LogP contribution is -2.39. The Kier molecular flexibility index (Phi) is 8.02. The van der Waals surface area contributed by atoms with E-state index < -0.39 is 17.7 Å². The quantitative estimate of drug-likeness (QED) is 0.501. The van der Waals surface area contributed by atoms with E-state index in [4.69, 9.17) is 0 Å². The standard InChI is InChI=1S/C20H25F2N3O/c1-2-23-20(24-11-10-16-13-17(21)8-9-19(16)22)25-14-18(26)12-15-6-4-3-5-7-15/h3-9,13,18,26H,2,10-12,14H2,1H3,(H2,23,24,25). The molecule has 4 nitrogen and oxygen atoms in total. The molecule has 0 fully saturated rings. The fourth-order valence-corrected chi connectivity index (χ4v) is 2.54. The lowest BCUT2D eigenvalue weighted by molar-refractivity contribution is 0.183. The first-order valence-corrected chi connectivity index (χ1v) is 8.76. The first-order chi connectivity index (χ1) is 12.6. The summed E-state index contributed by atoms with van der Waals surface area (Å²) in [6.45, 7) is 3.25. The molecular weight excluding hydrogens is 336 g/mol. The van der Waals surface area contributed by atoms with Gasteiger partial charge < -0.3 is 15.7 Å². The second-order valence-corrected chi connectivity index (χ2v) is 5.98. The van der Waals surface area contributed by atoms with Gasteiger partial charge in [0.15, 0.2) is 5.96 Å². The van der Waals surface area contributed by atoms with Gasteiger partial charge in [0.05, 0.1) is 12.6 Å². The number of aliphatic hydroxyl groups excluding tert-OH is 1. The zero-order valence-corrected chi connectivity index (χ0v) is 14.9. The molecule has 2 rings (SSSR count). The third kappa shape index (κ3) is 6.80. The Morgan fingerprint density at radius 3 is 2.62 bits per heavy atom. The van der Waals surface area contributed by atoms with E-state index in [0.717, 1.165) is 17.7 Å². The van der Waals surface area contributed by atoms with Crippen LogP contribution in [-0.2, 0) is 12.8 Å².